The van der Waals surface area contributed by atoms with Crippen molar-refractivity contribution in [2.45, 2.75) is 268 Å². The molecule has 0 aromatic rings. The Hall–Kier alpha value is -1.67. The second kappa shape index (κ2) is 40.8. The highest BCUT2D eigenvalue weighted by Gasteiger charge is 2.44. The van der Waals surface area contributed by atoms with E-state index in [1.165, 1.54) is 122 Å². The first kappa shape index (κ1) is 58.3. The van der Waals surface area contributed by atoms with Crippen molar-refractivity contribution in [3.05, 3.63) is 36.5 Å². The highest BCUT2D eigenvalue weighted by atomic mass is 16.7. The normalized spacial score (nSPS) is 21.6. The van der Waals surface area contributed by atoms with Gasteiger partial charge >= 0.3 is 0 Å². The van der Waals surface area contributed by atoms with Gasteiger partial charge in [0.15, 0.2) is 6.29 Å². The summed E-state index contributed by atoms with van der Waals surface area (Å²) in [5, 5.41) is 75.8. The van der Waals surface area contributed by atoms with E-state index in [2.05, 4.69) is 55.6 Å². The van der Waals surface area contributed by atoms with Crippen LogP contribution in [0.5, 0.6) is 0 Å². The Labute approximate surface area is 377 Å². The molecular weight excluding hydrogens is 787 g/mol. The van der Waals surface area contributed by atoms with Crippen LogP contribution in [0.1, 0.15) is 213 Å². The number of nitrogens with one attached hydrogen (secondary N) is 1. The summed E-state index contributed by atoms with van der Waals surface area (Å²) in [6.45, 7) is 3.42. The molecule has 11 heteroatoms. The Balaban J connectivity index is 2.45. The number of carbonyl (C=O) groups is 1. The molecule has 62 heavy (non-hydrogen) atoms. The molecule has 1 amide bonds. The van der Waals surface area contributed by atoms with Gasteiger partial charge in [-0.3, -0.25) is 4.79 Å². The van der Waals surface area contributed by atoms with Crippen LogP contribution in [0.15, 0.2) is 36.5 Å². The third-order valence-electron chi connectivity index (χ3n) is 12.2. The Bertz CT molecular complexity index is 1100. The molecular formula is C51H95NO10. The van der Waals surface area contributed by atoms with E-state index in [0.29, 0.717) is 19.3 Å². The Kier molecular flexibility index (Phi) is 38.4. The second-order valence-corrected chi connectivity index (χ2v) is 17.9. The Morgan fingerprint density at radius 1 is 0.548 bits per heavy atom. The predicted octanol–water partition coefficient (Wildman–Crippen LogP) is 9.17. The summed E-state index contributed by atoms with van der Waals surface area (Å²) >= 11 is 0. The second-order valence-electron chi connectivity index (χ2n) is 17.9. The molecule has 8 N–H and O–H groups in total. The summed E-state index contributed by atoms with van der Waals surface area (Å²) in [5.41, 5.74) is 0. The molecule has 1 rings (SSSR count). The molecule has 11 nitrogen and oxygen atoms in total. The highest BCUT2D eigenvalue weighted by Crippen LogP contribution is 2.23. The maximum absolute atomic E-state index is 13.1. The summed E-state index contributed by atoms with van der Waals surface area (Å²) in [6.07, 6.45) is 36.1. The van der Waals surface area contributed by atoms with E-state index in [9.17, 15) is 40.5 Å². The first-order valence-electron chi connectivity index (χ1n) is 25.4. The number of hydrogen-bond donors (Lipinski definition) is 8. The summed E-state index contributed by atoms with van der Waals surface area (Å²) in [7, 11) is 0. The molecule has 1 saturated heterocycles. The van der Waals surface area contributed by atoms with Crippen LogP contribution in [0.4, 0.5) is 0 Å². The molecule has 9 unspecified atom stereocenters. The lowest BCUT2D eigenvalue weighted by Crippen LogP contribution is -2.60. The van der Waals surface area contributed by atoms with Gasteiger partial charge in [-0.25, -0.2) is 0 Å². The van der Waals surface area contributed by atoms with Gasteiger partial charge in [-0.1, -0.05) is 185 Å². The zero-order valence-corrected chi connectivity index (χ0v) is 39.4. The van der Waals surface area contributed by atoms with E-state index in [1.54, 1.807) is 0 Å². The Morgan fingerprint density at radius 3 is 1.44 bits per heavy atom. The smallest absolute Gasteiger partial charge is 0.249 e. The number of ether oxygens (including phenoxy) is 2. The van der Waals surface area contributed by atoms with Crippen molar-refractivity contribution < 1.29 is 50.0 Å². The minimum Gasteiger partial charge on any atom is -0.394 e. The molecule has 0 aromatic carbocycles. The molecule has 0 spiro atoms. The van der Waals surface area contributed by atoms with Crippen molar-refractivity contribution >= 4 is 5.91 Å². The van der Waals surface area contributed by atoms with E-state index < -0.39 is 74.2 Å². The van der Waals surface area contributed by atoms with E-state index in [1.807, 2.05) is 0 Å². The molecule has 364 valence electrons. The van der Waals surface area contributed by atoms with Crippen LogP contribution in [0.2, 0.25) is 0 Å². The standard InChI is InChI=1S/C51H95NO10/c1-3-5-7-9-11-13-15-17-19-21-22-23-25-26-28-30-32-34-36-38-43(54)46(56)42(41-61-51-49(59)48(58)47(57)45(40-53)62-51)52-50(60)44(55)39-37-35-33-31-29-27-24-20-18-16-14-12-10-8-6-4-2/h17,19,23,25,30,32,42-49,51,53-59H,3-16,18,20-22,24,26-29,31,33-41H2,1-2H3,(H,52,60)/b19-17+,25-23+,32-30+. The summed E-state index contributed by atoms with van der Waals surface area (Å²) < 4.78 is 11.1. The zero-order chi connectivity index (χ0) is 45.5. The van der Waals surface area contributed by atoms with Crippen molar-refractivity contribution in [2.75, 3.05) is 13.2 Å². The molecule has 0 aliphatic carbocycles. The van der Waals surface area contributed by atoms with Crippen molar-refractivity contribution in [1.82, 2.24) is 5.32 Å². The summed E-state index contributed by atoms with van der Waals surface area (Å²) in [4.78, 5) is 13.1. The molecule has 1 fully saturated rings. The molecule has 1 heterocycles. The van der Waals surface area contributed by atoms with Gasteiger partial charge in [-0.2, -0.15) is 0 Å². The minimum absolute atomic E-state index is 0.242. The number of allylic oxidation sites excluding steroid dienone is 6. The van der Waals surface area contributed by atoms with Gasteiger partial charge in [-0.15, -0.1) is 0 Å². The highest BCUT2D eigenvalue weighted by molar-refractivity contribution is 5.80. The number of amides is 1. The summed E-state index contributed by atoms with van der Waals surface area (Å²) in [5.74, 6) is -0.712. The van der Waals surface area contributed by atoms with Crippen molar-refractivity contribution in [3.8, 4) is 0 Å². The Morgan fingerprint density at radius 2 is 0.968 bits per heavy atom. The number of unbranched alkanes of at least 4 members (excludes halogenated alkanes) is 24. The maximum atomic E-state index is 13.1. The minimum atomic E-state index is -1.67. The van der Waals surface area contributed by atoms with Gasteiger partial charge in [0, 0.05) is 0 Å². The predicted molar refractivity (Wildman–Crippen MR) is 252 cm³/mol. The zero-order valence-electron chi connectivity index (χ0n) is 39.4. The third kappa shape index (κ3) is 29.7. The third-order valence-corrected chi connectivity index (χ3v) is 12.2. The van der Waals surface area contributed by atoms with Gasteiger partial charge < -0.3 is 50.5 Å². The van der Waals surface area contributed by atoms with Gasteiger partial charge in [0.25, 0.3) is 0 Å². The van der Waals surface area contributed by atoms with Crippen molar-refractivity contribution in [3.63, 3.8) is 0 Å². The number of carbonyl (C=O) groups excluding carboxylic acids is 1. The van der Waals surface area contributed by atoms with Gasteiger partial charge in [0.2, 0.25) is 5.91 Å². The quantitative estimate of drug-likeness (QED) is 0.0217. The fourth-order valence-electron chi connectivity index (χ4n) is 7.94. The molecule has 0 radical (unpaired) electrons. The van der Waals surface area contributed by atoms with Crippen LogP contribution in [-0.2, 0) is 14.3 Å². The topological polar surface area (TPSA) is 189 Å². The van der Waals surface area contributed by atoms with Crippen molar-refractivity contribution in [1.29, 1.82) is 0 Å². The van der Waals surface area contributed by atoms with Crippen LogP contribution in [0.3, 0.4) is 0 Å². The molecule has 1 aliphatic rings. The van der Waals surface area contributed by atoms with E-state index in [4.69, 9.17) is 9.47 Å². The lowest BCUT2D eigenvalue weighted by atomic mass is 9.98. The monoisotopic (exact) mass is 882 g/mol. The maximum Gasteiger partial charge on any atom is 0.249 e. The van der Waals surface area contributed by atoms with E-state index >= 15 is 0 Å². The SMILES string of the molecule is CCCCCCCC/C=C/CC/C=C/CC/C=C/CCCC(O)C(O)C(COC1OC(CO)C(O)C(O)C1O)NC(=O)C(O)CCCCCCCCCCCCCCCCCC. The average molecular weight is 882 g/mol. The van der Waals surface area contributed by atoms with E-state index in [-0.39, 0.29) is 12.8 Å². The summed E-state index contributed by atoms with van der Waals surface area (Å²) in [6, 6.07) is -1.19. The van der Waals surface area contributed by atoms with E-state index in [0.717, 1.165) is 44.9 Å². The van der Waals surface area contributed by atoms with Crippen LogP contribution in [0, 0.1) is 0 Å². The average Bonchev–Trinajstić information content (AvgIpc) is 3.27. The molecule has 0 saturated carbocycles. The number of hydrogen-bond acceptors (Lipinski definition) is 10. The lowest BCUT2D eigenvalue weighted by Gasteiger charge is -2.40. The van der Waals surface area contributed by atoms with Gasteiger partial charge in [0.05, 0.1) is 25.4 Å². The van der Waals surface area contributed by atoms with Crippen LogP contribution >= 0.6 is 0 Å². The number of aliphatic hydroxyl groups excluding tert-OH is 7. The number of aliphatic hydroxyl groups is 7. The molecule has 0 aromatic heterocycles. The van der Waals surface area contributed by atoms with Gasteiger partial charge in [-0.05, 0) is 64.2 Å². The fraction of sp³-hybridized carbons (Fsp3) is 0.863. The largest absolute Gasteiger partial charge is 0.394 e. The fourth-order valence-corrected chi connectivity index (χ4v) is 7.94. The lowest BCUT2D eigenvalue weighted by molar-refractivity contribution is -0.303. The first-order valence-corrected chi connectivity index (χ1v) is 25.4. The van der Waals surface area contributed by atoms with Crippen LogP contribution < -0.4 is 5.32 Å². The first-order chi connectivity index (χ1) is 30.2. The van der Waals surface area contributed by atoms with Crippen LogP contribution in [0.25, 0.3) is 0 Å². The molecule has 9 atom stereocenters. The van der Waals surface area contributed by atoms with Gasteiger partial charge in [0.1, 0.15) is 36.6 Å². The van der Waals surface area contributed by atoms with Crippen molar-refractivity contribution in [2.24, 2.45) is 0 Å². The molecule has 1 aliphatic heterocycles. The van der Waals surface area contributed by atoms with Crippen LogP contribution in [-0.4, -0.2) is 110 Å². The number of rotatable bonds is 42. The molecule has 0 bridgehead atoms.